The summed E-state index contributed by atoms with van der Waals surface area (Å²) in [5, 5.41) is 5.49. The number of carbonyl (C=O) groups is 1. The van der Waals surface area contributed by atoms with Crippen LogP contribution >= 0.6 is 22.9 Å². The SMILES string of the molecule is COc1ccc(Cl)c2sc(N(CCN(C)C)C(=O)c3cc(C)n(C)n3)nc12. The van der Waals surface area contributed by atoms with E-state index >= 15 is 0 Å². The molecule has 0 radical (unpaired) electrons. The van der Waals surface area contributed by atoms with Crippen LogP contribution in [0.2, 0.25) is 5.02 Å². The number of methoxy groups -OCH3 is 1. The third-order valence-corrected chi connectivity index (χ3v) is 5.79. The van der Waals surface area contributed by atoms with E-state index in [0.29, 0.717) is 40.2 Å². The average Bonchev–Trinajstić information content (AvgIpc) is 3.20. The highest BCUT2D eigenvalue weighted by molar-refractivity contribution is 7.23. The van der Waals surface area contributed by atoms with Crippen LogP contribution in [0.4, 0.5) is 5.13 Å². The van der Waals surface area contributed by atoms with E-state index in [-0.39, 0.29) is 5.91 Å². The maximum atomic E-state index is 13.2. The predicted octanol–water partition coefficient (Wildman–Crippen LogP) is 3.21. The smallest absolute Gasteiger partial charge is 0.280 e. The van der Waals surface area contributed by atoms with Gasteiger partial charge in [-0.3, -0.25) is 14.4 Å². The van der Waals surface area contributed by atoms with Gasteiger partial charge in [-0.05, 0) is 39.2 Å². The molecule has 0 saturated heterocycles. The minimum absolute atomic E-state index is 0.185. The summed E-state index contributed by atoms with van der Waals surface area (Å²) in [6.07, 6.45) is 0. The first-order chi connectivity index (χ1) is 12.8. The number of aromatic nitrogens is 3. The molecule has 0 aliphatic carbocycles. The van der Waals surface area contributed by atoms with Gasteiger partial charge in [0.2, 0.25) is 0 Å². The molecule has 27 heavy (non-hydrogen) atoms. The lowest BCUT2D eigenvalue weighted by Gasteiger charge is -2.21. The lowest BCUT2D eigenvalue weighted by atomic mass is 10.3. The number of rotatable bonds is 6. The van der Waals surface area contributed by atoms with E-state index in [4.69, 9.17) is 16.3 Å². The van der Waals surface area contributed by atoms with Gasteiger partial charge in [0.05, 0.1) is 16.8 Å². The third kappa shape index (κ3) is 3.92. The molecule has 2 aromatic heterocycles. The largest absolute Gasteiger partial charge is 0.494 e. The fourth-order valence-electron chi connectivity index (χ4n) is 2.61. The Balaban J connectivity index is 2.06. The quantitative estimate of drug-likeness (QED) is 0.627. The van der Waals surface area contributed by atoms with E-state index in [1.54, 1.807) is 34.9 Å². The Morgan fingerprint density at radius 1 is 1.33 bits per heavy atom. The molecule has 7 nitrogen and oxygen atoms in total. The van der Waals surface area contributed by atoms with Crippen LogP contribution in [-0.4, -0.2) is 59.9 Å². The van der Waals surface area contributed by atoms with E-state index in [1.807, 2.05) is 33.0 Å². The highest BCUT2D eigenvalue weighted by Crippen LogP contribution is 2.39. The molecule has 2 heterocycles. The van der Waals surface area contributed by atoms with Crippen molar-refractivity contribution in [3.05, 3.63) is 34.6 Å². The van der Waals surface area contributed by atoms with Crippen molar-refractivity contribution < 1.29 is 9.53 Å². The van der Waals surface area contributed by atoms with Crippen molar-refractivity contribution in [2.45, 2.75) is 6.92 Å². The first-order valence-corrected chi connectivity index (χ1v) is 9.61. The number of hydrogen-bond donors (Lipinski definition) is 0. The summed E-state index contributed by atoms with van der Waals surface area (Å²) < 4.78 is 7.88. The number of amides is 1. The zero-order valence-corrected chi connectivity index (χ0v) is 17.6. The minimum atomic E-state index is -0.185. The number of likely N-dealkylation sites (N-methyl/N-ethyl adjacent to an activating group) is 1. The lowest BCUT2D eigenvalue weighted by Crippen LogP contribution is -2.37. The molecule has 0 fully saturated rings. The van der Waals surface area contributed by atoms with Gasteiger partial charge in [0, 0.05) is 25.8 Å². The summed E-state index contributed by atoms with van der Waals surface area (Å²) in [4.78, 5) is 21.5. The molecule has 0 bridgehead atoms. The molecular weight excluding hydrogens is 386 g/mol. The molecule has 144 valence electrons. The normalized spacial score (nSPS) is 11.4. The molecule has 0 atom stereocenters. The van der Waals surface area contributed by atoms with Gasteiger partial charge in [-0.1, -0.05) is 22.9 Å². The average molecular weight is 408 g/mol. The second-order valence-corrected chi connectivity index (χ2v) is 7.86. The van der Waals surface area contributed by atoms with Crippen LogP contribution in [0.5, 0.6) is 5.75 Å². The van der Waals surface area contributed by atoms with Gasteiger partial charge in [-0.2, -0.15) is 5.10 Å². The van der Waals surface area contributed by atoms with Gasteiger partial charge < -0.3 is 9.64 Å². The number of anilines is 1. The number of nitrogens with zero attached hydrogens (tertiary/aromatic N) is 5. The van der Waals surface area contributed by atoms with Crippen molar-refractivity contribution in [3.63, 3.8) is 0 Å². The summed E-state index contributed by atoms with van der Waals surface area (Å²) in [5.41, 5.74) is 1.97. The van der Waals surface area contributed by atoms with Gasteiger partial charge >= 0.3 is 0 Å². The molecule has 0 aliphatic rings. The molecule has 1 aromatic carbocycles. The Labute approximate surface area is 167 Å². The highest BCUT2D eigenvalue weighted by atomic mass is 35.5. The summed E-state index contributed by atoms with van der Waals surface area (Å²) in [7, 11) is 7.34. The van der Waals surface area contributed by atoms with Crippen molar-refractivity contribution in [1.29, 1.82) is 0 Å². The van der Waals surface area contributed by atoms with E-state index in [9.17, 15) is 4.79 Å². The zero-order valence-electron chi connectivity index (χ0n) is 16.0. The van der Waals surface area contributed by atoms with Crippen LogP contribution < -0.4 is 9.64 Å². The van der Waals surface area contributed by atoms with Crippen LogP contribution in [0.15, 0.2) is 18.2 Å². The van der Waals surface area contributed by atoms with Crippen molar-refractivity contribution in [2.24, 2.45) is 7.05 Å². The molecule has 0 unspecified atom stereocenters. The standard InChI is InChI=1S/C18H22ClN5O2S/c1-11-10-13(21-23(11)4)17(25)24(9-8-22(2)3)18-20-15-14(26-5)7-6-12(19)16(15)27-18/h6-7,10H,8-9H2,1-5H3. The van der Waals surface area contributed by atoms with Gasteiger partial charge in [0.1, 0.15) is 11.3 Å². The monoisotopic (exact) mass is 407 g/mol. The molecule has 0 N–H and O–H groups in total. The van der Waals surface area contributed by atoms with E-state index in [1.165, 1.54) is 11.3 Å². The minimum Gasteiger partial charge on any atom is -0.494 e. The Kier molecular flexibility index (Phi) is 5.69. The second kappa shape index (κ2) is 7.84. The van der Waals surface area contributed by atoms with Crippen LogP contribution in [0.3, 0.4) is 0 Å². The number of benzene rings is 1. The Hall–Kier alpha value is -2.16. The van der Waals surface area contributed by atoms with E-state index in [2.05, 4.69) is 10.1 Å². The highest BCUT2D eigenvalue weighted by Gasteiger charge is 2.25. The summed E-state index contributed by atoms with van der Waals surface area (Å²) in [6, 6.07) is 5.34. The van der Waals surface area contributed by atoms with Crippen molar-refractivity contribution in [3.8, 4) is 5.75 Å². The van der Waals surface area contributed by atoms with Crippen molar-refractivity contribution >= 4 is 44.2 Å². The summed E-state index contributed by atoms with van der Waals surface area (Å²) >= 11 is 7.72. The number of carbonyl (C=O) groups excluding carboxylic acids is 1. The number of aryl methyl sites for hydroxylation is 2. The first-order valence-electron chi connectivity index (χ1n) is 8.42. The van der Waals surface area contributed by atoms with E-state index < -0.39 is 0 Å². The van der Waals surface area contributed by atoms with Gasteiger partial charge in [0.25, 0.3) is 5.91 Å². The molecule has 3 rings (SSSR count). The molecule has 9 heteroatoms. The Bertz CT molecular complexity index is 962. The van der Waals surface area contributed by atoms with Crippen LogP contribution in [0.1, 0.15) is 16.2 Å². The molecule has 0 saturated carbocycles. The van der Waals surface area contributed by atoms with Crippen LogP contribution in [0.25, 0.3) is 10.2 Å². The van der Waals surface area contributed by atoms with Crippen LogP contribution in [-0.2, 0) is 7.05 Å². The molecule has 1 amide bonds. The number of ether oxygens (including phenoxy) is 1. The molecular formula is C18H22ClN5O2S. The first kappa shape index (κ1) is 19.6. The Morgan fingerprint density at radius 3 is 2.67 bits per heavy atom. The number of halogens is 1. The maximum absolute atomic E-state index is 13.2. The van der Waals surface area contributed by atoms with E-state index in [0.717, 1.165) is 10.4 Å². The fourth-order valence-corrected chi connectivity index (χ4v) is 3.89. The molecule has 3 aromatic rings. The number of fused-ring (bicyclic) bond motifs is 1. The van der Waals surface area contributed by atoms with Gasteiger partial charge in [-0.25, -0.2) is 4.98 Å². The fraction of sp³-hybridized carbons (Fsp3) is 0.389. The summed E-state index contributed by atoms with van der Waals surface area (Å²) in [6.45, 7) is 3.09. The summed E-state index contributed by atoms with van der Waals surface area (Å²) in [5.74, 6) is 0.445. The van der Waals surface area contributed by atoms with Crippen molar-refractivity contribution in [1.82, 2.24) is 19.7 Å². The predicted molar refractivity (Wildman–Crippen MR) is 109 cm³/mol. The zero-order chi connectivity index (χ0) is 19.7. The topological polar surface area (TPSA) is 63.5 Å². The molecule has 0 aliphatic heterocycles. The second-order valence-electron chi connectivity index (χ2n) is 6.48. The number of hydrogen-bond acceptors (Lipinski definition) is 6. The van der Waals surface area contributed by atoms with Crippen LogP contribution in [0, 0.1) is 6.92 Å². The lowest BCUT2D eigenvalue weighted by molar-refractivity contribution is 0.0979. The third-order valence-electron chi connectivity index (χ3n) is 4.25. The van der Waals surface area contributed by atoms with Crippen molar-refractivity contribution in [2.75, 3.05) is 39.2 Å². The Morgan fingerprint density at radius 2 is 2.07 bits per heavy atom. The number of thiazole rings is 1. The molecule has 0 spiro atoms. The maximum Gasteiger partial charge on any atom is 0.280 e. The van der Waals surface area contributed by atoms with Gasteiger partial charge in [-0.15, -0.1) is 0 Å². The van der Waals surface area contributed by atoms with Gasteiger partial charge in [0.15, 0.2) is 10.8 Å².